The van der Waals surface area contributed by atoms with Crippen LogP contribution in [0.25, 0.3) is 0 Å². The van der Waals surface area contributed by atoms with Gasteiger partial charge in [-0.25, -0.2) is 0 Å². The Hall–Kier alpha value is -1.77. The standard InChI is InChI=1S/C27H42O3/c1-3-5-6-7-8-9-10-11-12-20-27(28)30-26-19-14-13-18-25(26)23-16-15-17-24(22-23)29-21-4-2/h4,15-17,22,25-26H,2-3,5-14,18-21H2,1H3. The number of ether oxygens (including phenoxy) is 2. The summed E-state index contributed by atoms with van der Waals surface area (Å²) in [7, 11) is 0. The van der Waals surface area contributed by atoms with Gasteiger partial charge in [-0.2, -0.15) is 0 Å². The van der Waals surface area contributed by atoms with Gasteiger partial charge in [-0.3, -0.25) is 4.79 Å². The summed E-state index contributed by atoms with van der Waals surface area (Å²) in [5.41, 5.74) is 1.22. The predicted molar refractivity (Wildman–Crippen MR) is 125 cm³/mol. The fraction of sp³-hybridized carbons (Fsp3) is 0.667. The van der Waals surface area contributed by atoms with Gasteiger partial charge >= 0.3 is 5.97 Å². The zero-order chi connectivity index (χ0) is 21.4. The third-order valence-electron chi connectivity index (χ3n) is 6.12. The molecule has 0 radical (unpaired) electrons. The second kappa shape index (κ2) is 15.1. The van der Waals surface area contributed by atoms with E-state index in [0.29, 0.717) is 13.0 Å². The topological polar surface area (TPSA) is 35.5 Å². The Kier molecular flexibility index (Phi) is 12.3. The van der Waals surface area contributed by atoms with Gasteiger partial charge in [0.1, 0.15) is 18.5 Å². The smallest absolute Gasteiger partial charge is 0.306 e. The first-order valence-electron chi connectivity index (χ1n) is 12.3. The number of unbranched alkanes of at least 4 members (excludes halogenated alkanes) is 8. The van der Waals surface area contributed by atoms with E-state index in [0.717, 1.165) is 37.9 Å². The van der Waals surface area contributed by atoms with Gasteiger partial charge in [-0.1, -0.05) is 89.5 Å². The van der Waals surface area contributed by atoms with E-state index in [2.05, 4.69) is 25.6 Å². The van der Waals surface area contributed by atoms with E-state index in [1.807, 2.05) is 12.1 Å². The Morgan fingerprint density at radius 3 is 2.47 bits per heavy atom. The molecule has 2 unspecified atom stereocenters. The zero-order valence-corrected chi connectivity index (χ0v) is 19.1. The van der Waals surface area contributed by atoms with Crippen molar-refractivity contribution in [2.24, 2.45) is 0 Å². The zero-order valence-electron chi connectivity index (χ0n) is 19.1. The minimum Gasteiger partial charge on any atom is -0.490 e. The van der Waals surface area contributed by atoms with Gasteiger partial charge in [0.25, 0.3) is 0 Å². The SMILES string of the molecule is C=CCOc1cccc(C2CCCCC2OC(=O)CCCCCCCCCCC)c1. The lowest BCUT2D eigenvalue weighted by molar-refractivity contribution is -0.151. The minimum absolute atomic E-state index is 0.000491. The van der Waals surface area contributed by atoms with Crippen LogP contribution in [0.3, 0.4) is 0 Å². The Balaban J connectivity index is 1.72. The van der Waals surface area contributed by atoms with Gasteiger partial charge in [0, 0.05) is 12.3 Å². The highest BCUT2D eigenvalue weighted by atomic mass is 16.5. The van der Waals surface area contributed by atoms with Crippen LogP contribution in [0.4, 0.5) is 0 Å². The lowest BCUT2D eigenvalue weighted by atomic mass is 9.81. The molecular weight excluding hydrogens is 372 g/mol. The molecule has 0 aliphatic heterocycles. The summed E-state index contributed by atoms with van der Waals surface area (Å²) in [6, 6.07) is 8.24. The monoisotopic (exact) mass is 414 g/mol. The van der Waals surface area contributed by atoms with E-state index in [1.165, 1.54) is 56.9 Å². The Morgan fingerprint density at radius 1 is 1.03 bits per heavy atom. The molecule has 1 fully saturated rings. The van der Waals surface area contributed by atoms with E-state index in [9.17, 15) is 4.79 Å². The van der Waals surface area contributed by atoms with Crippen LogP contribution in [-0.4, -0.2) is 18.7 Å². The second-order valence-corrected chi connectivity index (χ2v) is 8.67. The molecule has 0 saturated heterocycles. The molecule has 3 nitrogen and oxygen atoms in total. The van der Waals surface area contributed by atoms with Crippen molar-refractivity contribution >= 4 is 5.97 Å². The number of hydrogen-bond donors (Lipinski definition) is 0. The third-order valence-corrected chi connectivity index (χ3v) is 6.12. The van der Waals surface area contributed by atoms with Crippen LogP contribution in [0.1, 0.15) is 108 Å². The van der Waals surface area contributed by atoms with Crippen molar-refractivity contribution < 1.29 is 14.3 Å². The van der Waals surface area contributed by atoms with Crippen LogP contribution in [0.2, 0.25) is 0 Å². The first-order valence-corrected chi connectivity index (χ1v) is 12.3. The highest BCUT2D eigenvalue weighted by Crippen LogP contribution is 2.36. The molecular formula is C27H42O3. The molecule has 0 aromatic heterocycles. The van der Waals surface area contributed by atoms with Gasteiger partial charge in [-0.05, 0) is 43.4 Å². The Labute approximate surface area is 184 Å². The molecule has 2 rings (SSSR count). The maximum Gasteiger partial charge on any atom is 0.306 e. The first kappa shape index (κ1) is 24.5. The van der Waals surface area contributed by atoms with Crippen molar-refractivity contribution in [3.8, 4) is 5.75 Å². The van der Waals surface area contributed by atoms with Crippen molar-refractivity contribution in [2.75, 3.05) is 6.61 Å². The van der Waals surface area contributed by atoms with E-state index >= 15 is 0 Å². The van der Waals surface area contributed by atoms with Crippen LogP contribution < -0.4 is 4.74 Å². The van der Waals surface area contributed by atoms with Crippen LogP contribution in [0, 0.1) is 0 Å². The van der Waals surface area contributed by atoms with Crippen molar-refractivity contribution in [3.63, 3.8) is 0 Å². The average Bonchev–Trinajstić information content (AvgIpc) is 2.77. The second-order valence-electron chi connectivity index (χ2n) is 8.67. The molecule has 168 valence electrons. The Bertz CT molecular complexity index is 610. The number of rotatable bonds is 15. The number of carbonyl (C=O) groups excluding carboxylic acids is 1. The normalized spacial score (nSPS) is 18.7. The summed E-state index contributed by atoms with van der Waals surface area (Å²) >= 11 is 0. The average molecular weight is 415 g/mol. The number of hydrogen-bond acceptors (Lipinski definition) is 3. The minimum atomic E-state index is -0.0195. The van der Waals surface area contributed by atoms with Gasteiger partial charge in [0.05, 0.1) is 0 Å². The highest BCUT2D eigenvalue weighted by molar-refractivity contribution is 5.69. The van der Waals surface area contributed by atoms with E-state index in [1.54, 1.807) is 6.08 Å². The summed E-state index contributed by atoms with van der Waals surface area (Å²) in [4.78, 5) is 12.4. The molecule has 0 heterocycles. The molecule has 0 spiro atoms. The fourth-order valence-corrected chi connectivity index (χ4v) is 4.42. The molecule has 3 heteroatoms. The molecule has 1 saturated carbocycles. The predicted octanol–water partition coefficient (Wildman–Crippen LogP) is 7.74. The number of esters is 1. The van der Waals surface area contributed by atoms with Gasteiger partial charge in [0.15, 0.2) is 0 Å². The molecule has 1 aliphatic rings. The van der Waals surface area contributed by atoms with Gasteiger partial charge in [-0.15, -0.1) is 0 Å². The number of benzene rings is 1. The van der Waals surface area contributed by atoms with Gasteiger partial charge < -0.3 is 9.47 Å². The molecule has 0 bridgehead atoms. The van der Waals surface area contributed by atoms with Crippen molar-refractivity contribution in [1.82, 2.24) is 0 Å². The lowest BCUT2D eigenvalue weighted by Gasteiger charge is -2.31. The van der Waals surface area contributed by atoms with Gasteiger partial charge in [0.2, 0.25) is 0 Å². The summed E-state index contributed by atoms with van der Waals surface area (Å²) in [6.07, 6.45) is 18.0. The Morgan fingerprint density at radius 2 is 1.73 bits per heavy atom. The lowest BCUT2D eigenvalue weighted by Crippen LogP contribution is -2.28. The maximum atomic E-state index is 12.4. The molecule has 0 N–H and O–H groups in total. The van der Waals surface area contributed by atoms with Crippen molar-refractivity contribution in [3.05, 3.63) is 42.5 Å². The van der Waals surface area contributed by atoms with Crippen molar-refractivity contribution in [2.45, 2.75) is 109 Å². The highest BCUT2D eigenvalue weighted by Gasteiger charge is 2.29. The fourth-order valence-electron chi connectivity index (χ4n) is 4.42. The van der Waals surface area contributed by atoms with Crippen LogP contribution in [0.5, 0.6) is 5.75 Å². The molecule has 2 atom stereocenters. The van der Waals surface area contributed by atoms with Crippen LogP contribution in [-0.2, 0) is 9.53 Å². The summed E-state index contributed by atoms with van der Waals surface area (Å²) in [5.74, 6) is 1.12. The summed E-state index contributed by atoms with van der Waals surface area (Å²) < 4.78 is 11.6. The molecule has 1 aromatic carbocycles. The molecule has 1 aromatic rings. The summed E-state index contributed by atoms with van der Waals surface area (Å²) in [5, 5.41) is 0. The number of carbonyl (C=O) groups is 1. The first-order chi connectivity index (χ1) is 14.7. The quantitative estimate of drug-likeness (QED) is 0.167. The summed E-state index contributed by atoms with van der Waals surface area (Å²) in [6.45, 7) is 6.47. The molecule has 1 aliphatic carbocycles. The van der Waals surface area contributed by atoms with E-state index in [-0.39, 0.29) is 18.0 Å². The van der Waals surface area contributed by atoms with E-state index in [4.69, 9.17) is 9.47 Å². The van der Waals surface area contributed by atoms with Crippen LogP contribution >= 0.6 is 0 Å². The van der Waals surface area contributed by atoms with E-state index < -0.39 is 0 Å². The molecule has 0 amide bonds. The largest absolute Gasteiger partial charge is 0.490 e. The maximum absolute atomic E-state index is 12.4. The third kappa shape index (κ3) is 9.36. The van der Waals surface area contributed by atoms with Crippen LogP contribution in [0.15, 0.2) is 36.9 Å². The molecule has 30 heavy (non-hydrogen) atoms. The van der Waals surface area contributed by atoms with Crippen molar-refractivity contribution in [1.29, 1.82) is 0 Å².